The van der Waals surface area contributed by atoms with E-state index in [1.807, 2.05) is 18.5 Å². The topological polar surface area (TPSA) is 27.1 Å². The molecule has 90 valence electrons. The summed E-state index contributed by atoms with van der Waals surface area (Å²) >= 11 is 0. The van der Waals surface area contributed by atoms with Crippen LogP contribution in [0, 0.1) is 19.7 Å². The van der Waals surface area contributed by atoms with Crippen molar-refractivity contribution in [3.8, 4) is 5.75 Å². The second-order valence-corrected chi connectivity index (χ2v) is 4.03. The Kier molecular flexibility index (Phi) is 3.13. The third-order valence-corrected chi connectivity index (χ3v) is 2.89. The van der Waals surface area contributed by atoms with E-state index in [9.17, 15) is 4.39 Å². The Labute approximate surface area is 99.9 Å². The highest BCUT2D eigenvalue weighted by Crippen LogP contribution is 2.20. The summed E-state index contributed by atoms with van der Waals surface area (Å²) in [4.78, 5) is 4.23. The van der Waals surface area contributed by atoms with Crippen LogP contribution in [-0.2, 0) is 13.7 Å². The van der Waals surface area contributed by atoms with Crippen LogP contribution in [-0.4, -0.2) is 9.55 Å². The van der Waals surface area contributed by atoms with Gasteiger partial charge in [0.2, 0.25) is 0 Å². The second kappa shape index (κ2) is 4.57. The molecule has 0 aliphatic heterocycles. The fraction of sp³-hybridized carbons (Fsp3) is 0.308. The van der Waals surface area contributed by atoms with Gasteiger partial charge >= 0.3 is 0 Å². The summed E-state index contributed by atoms with van der Waals surface area (Å²) in [6.07, 6.45) is 1.79. The molecule has 0 bridgehead atoms. The maximum atomic E-state index is 13.3. The fourth-order valence-corrected chi connectivity index (χ4v) is 1.57. The summed E-state index contributed by atoms with van der Waals surface area (Å²) in [5.41, 5.74) is 1.60. The van der Waals surface area contributed by atoms with Crippen molar-refractivity contribution < 1.29 is 9.13 Å². The molecule has 0 saturated heterocycles. The predicted octanol–water partition coefficient (Wildman–Crippen LogP) is 2.76. The van der Waals surface area contributed by atoms with Crippen LogP contribution < -0.4 is 4.74 Å². The molecule has 4 heteroatoms. The molecule has 0 spiro atoms. The number of imidazole rings is 1. The van der Waals surface area contributed by atoms with Gasteiger partial charge in [0, 0.05) is 24.5 Å². The highest BCUT2D eigenvalue weighted by molar-refractivity contribution is 5.33. The van der Waals surface area contributed by atoms with Crippen molar-refractivity contribution >= 4 is 0 Å². The summed E-state index contributed by atoms with van der Waals surface area (Å²) in [5, 5.41) is 0. The maximum Gasteiger partial charge on any atom is 0.146 e. The van der Waals surface area contributed by atoms with Gasteiger partial charge in [-0.25, -0.2) is 9.37 Å². The number of nitrogens with zero attached hydrogens (tertiary/aromatic N) is 2. The zero-order valence-electron chi connectivity index (χ0n) is 10.2. The van der Waals surface area contributed by atoms with Gasteiger partial charge in [-0.15, -0.1) is 0 Å². The van der Waals surface area contributed by atoms with Gasteiger partial charge < -0.3 is 9.30 Å². The minimum atomic E-state index is -0.251. The quantitative estimate of drug-likeness (QED) is 0.816. The van der Waals surface area contributed by atoms with E-state index in [0.717, 1.165) is 11.5 Å². The Morgan fingerprint density at radius 3 is 2.76 bits per heavy atom. The molecule has 0 atom stereocenters. The summed E-state index contributed by atoms with van der Waals surface area (Å²) in [6.45, 7) is 4.02. The van der Waals surface area contributed by atoms with E-state index < -0.39 is 0 Å². The van der Waals surface area contributed by atoms with Crippen LogP contribution in [0.25, 0.3) is 0 Å². The molecular weight excluding hydrogens is 219 g/mol. The summed E-state index contributed by atoms with van der Waals surface area (Å²) in [6, 6.07) is 4.82. The maximum absolute atomic E-state index is 13.3. The van der Waals surface area contributed by atoms with Gasteiger partial charge in [-0.05, 0) is 26.0 Å². The summed E-state index contributed by atoms with van der Waals surface area (Å²) in [5.74, 6) is 1.13. The molecule has 0 aliphatic carbocycles. The largest absolute Gasteiger partial charge is 0.485 e. The lowest BCUT2D eigenvalue weighted by molar-refractivity contribution is 0.288. The van der Waals surface area contributed by atoms with Crippen molar-refractivity contribution in [3.05, 3.63) is 47.3 Å². The van der Waals surface area contributed by atoms with E-state index in [-0.39, 0.29) is 5.82 Å². The number of aromatic nitrogens is 2. The Balaban J connectivity index is 2.13. The van der Waals surface area contributed by atoms with Crippen molar-refractivity contribution in [2.75, 3.05) is 0 Å². The standard InChI is InChI=1S/C13H15FN2O/c1-9-7-15-13(16(9)3)8-17-12-6-4-5-11(14)10(12)2/h4-7H,8H2,1-3H3. The number of hydrogen-bond donors (Lipinski definition) is 0. The fourth-order valence-electron chi connectivity index (χ4n) is 1.57. The van der Waals surface area contributed by atoms with E-state index >= 15 is 0 Å². The van der Waals surface area contributed by atoms with Crippen LogP contribution in [0.1, 0.15) is 17.1 Å². The van der Waals surface area contributed by atoms with Gasteiger partial charge in [0.05, 0.1) is 0 Å². The van der Waals surface area contributed by atoms with E-state index in [2.05, 4.69) is 4.98 Å². The molecule has 1 heterocycles. The predicted molar refractivity (Wildman–Crippen MR) is 63.4 cm³/mol. The third-order valence-electron chi connectivity index (χ3n) is 2.89. The van der Waals surface area contributed by atoms with Gasteiger partial charge in [-0.3, -0.25) is 0 Å². The highest BCUT2D eigenvalue weighted by Gasteiger charge is 2.07. The van der Waals surface area contributed by atoms with Gasteiger partial charge in [0.1, 0.15) is 24.0 Å². The highest BCUT2D eigenvalue weighted by atomic mass is 19.1. The normalized spacial score (nSPS) is 10.6. The molecule has 0 unspecified atom stereocenters. The Bertz CT molecular complexity index is 534. The molecule has 2 aromatic rings. The Morgan fingerprint density at radius 2 is 2.12 bits per heavy atom. The number of benzene rings is 1. The zero-order valence-corrected chi connectivity index (χ0v) is 10.2. The Morgan fingerprint density at radius 1 is 1.35 bits per heavy atom. The van der Waals surface area contributed by atoms with Crippen LogP contribution in [0.2, 0.25) is 0 Å². The molecule has 0 saturated carbocycles. The molecular formula is C13H15FN2O. The smallest absolute Gasteiger partial charge is 0.146 e. The average Bonchev–Trinajstić information content (AvgIpc) is 2.62. The number of halogens is 1. The molecule has 2 rings (SSSR count). The molecule has 3 nitrogen and oxygen atoms in total. The number of ether oxygens (including phenoxy) is 1. The van der Waals surface area contributed by atoms with Gasteiger partial charge in [-0.2, -0.15) is 0 Å². The molecule has 0 aliphatic rings. The first kappa shape index (κ1) is 11.6. The van der Waals surface area contributed by atoms with Gasteiger partial charge in [0.25, 0.3) is 0 Å². The third kappa shape index (κ3) is 2.30. The van der Waals surface area contributed by atoms with Gasteiger partial charge in [-0.1, -0.05) is 6.07 Å². The number of hydrogen-bond acceptors (Lipinski definition) is 2. The minimum Gasteiger partial charge on any atom is -0.485 e. The molecule has 1 aromatic heterocycles. The van der Waals surface area contributed by atoms with Crippen LogP contribution in [0.5, 0.6) is 5.75 Å². The van der Waals surface area contributed by atoms with Crippen molar-refractivity contribution in [1.82, 2.24) is 9.55 Å². The molecule has 0 radical (unpaired) electrons. The Hall–Kier alpha value is -1.84. The van der Waals surface area contributed by atoms with Crippen molar-refractivity contribution in [3.63, 3.8) is 0 Å². The lowest BCUT2D eigenvalue weighted by Gasteiger charge is -2.09. The number of aryl methyl sites for hydroxylation is 1. The first-order valence-electron chi connectivity index (χ1n) is 5.44. The minimum absolute atomic E-state index is 0.251. The lowest BCUT2D eigenvalue weighted by Crippen LogP contribution is -2.05. The van der Waals surface area contributed by atoms with E-state index in [0.29, 0.717) is 17.9 Å². The van der Waals surface area contributed by atoms with E-state index in [1.54, 1.807) is 25.3 Å². The lowest BCUT2D eigenvalue weighted by atomic mass is 10.2. The van der Waals surface area contributed by atoms with Crippen LogP contribution in [0.3, 0.4) is 0 Å². The molecule has 17 heavy (non-hydrogen) atoms. The van der Waals surface area contributed by atoms with Crippen LogP contribution in [0.4, 0.5) is 4.39 Å². The van der Waals surface area contributed by atoms with Gasteiger partial charge in [0.15, 0.2) is 0 Å². The first-order valence-corrected chi connectivity index (χ1v) is 5.44. The van der Waals surface area contributed by atoms with Crippen molar-refractivity contribution in [1.29, 1.82) is 0 Å². The van der Waals surface area contributed by atoms with Crippen LogP contribution >= 0.6 is 0 Å². The average molecular weight is 234 g/mol. The molecule has 0 amide bonds. The van der Waals surface area contributed by atoms with Crippen molar-refractivity contribution in [2.24, 2.45) is 7.05 Å². The summed E-state index contributed by atoms with van der Waals surface area (Å²) in [7, 11) is 1.93. The van der Waals surface area contributed by atoms with Crippen molar-refractivity contribution in [2.45, 2.75) is 20.5 Å². The number of rotatable bonds is 3. The molecule has 1 aromatic carbocycles. The monoisotopic (exact) mass is 234 g/mol. The first-order chi connectivity index (χ1) is 8.09. The second-order valence-electron chi connectivity index (χ2n) is 4.03. The van der Waals surface area contributed by atoms with E-state index in [4.69, 9.17) is 4.74 Å². The van der Waals surface area contributed by atoms with Crippen LogP contribution in [0.15, 0.2) is 24.4 Å². The molecule has 0 N–H and O–H groups in total. The SMILES string of the molecule is Cc1c(F)cccc1OCc1ncc(C)n1C. The summed E-state index contributed by atoms with van der Waals surface area (Å²) < 4.78 is 20.8. The molecule has 0 fully saturated rings. The van der Waals surface area contributed by atoms with E-state index in [1.165, 1.54) is 6.07 Å². The zero-order chi connectivity index (χ0) is 12.4.